The lowest BCUT2D eigenvalue weighted by atomic mass is 10.1. The van der Waals surface area contributed by atoms with Crippen LogP contribution in [0.1, 0.15) is 12.0 Å². The maximum Gasteiger partial charge on any atom is 0.237 e. The maximum absolute atomic E-state index is 11.8. The van der Waals surface area contributed by atoms with Crippen molar-refractivity contribution in [2.45, 2.75) is 18.9 Å². The molecule has 1 aliphatic rings. The molecule has 0 bridgehead atoms. The van der Waals surface area contributed by atoms with Gasteiger partial charge in [-0.2, -0.15) is 0 Å². The van der Waals surface area contributed by atoms with E-state index in [-0.39, 0.29) is 18.3 Å². The Balaban J connectivity index is 0.00000180. The number of nitrogens with one attached hydrogen (secondary N) is 1. The first-order valence-corrected chi connectivity index (χ1v) is 6.40. The molecule has 1 aromatic rings. The topological polar surface area (TPSA) is 64.4 Å². The standard InChI is InChI=1S/C14H20N2O2.ClH/c15-13(8-11-4-2-1-3-5-11)14(17)16-9-12-6-7-18-10-12;/h1-5,12-13H,6-10,15H2,(H,16,17);1H/t12?,13-;/m0./s1. The monoisotopic (exact) mass is 284 g/mol. The molecule has 1 heterocycles. The van der Waals surface area contributed by atoms with E-state index in [2.05, 4.69) is 5.32 Å². The lowest BCUT2D eigenvalue weighted by Gasteiger charge is -2.14. The van der Waals surface area contributed by atoms with Gasteiger partial charge in [-0.15, -0.1) is 12.4 Å². The highest BCUT2D eigenvalue weighted by Crippen LogP contribution is 2.10. The van der Waals surface area contributed by atoms with Crippen LogP contribution in [-0.4, -0.2) is 31.7 Å². The van der Waals surface area contributed by atoms with Crippen molar-refractivity contribution in [2.24, 2.45) is 11.7 Å². The van der Waals surface area contributed by atoms with Crippen molar-refractivity contribution >= 4 is 18.3 Å². The third-order valence-corrected chi connectivity index (χ3v) is 3.22. The number of halogens is 1. The minimum atomic E-state index is -0.477. The van der Waals surface area contributed by atoms with Gasteiger partial charge in [0.1, 0.15) is 0 Å². The lowest BCUT2D eigenvalue weighted by Crippen LogP contribution is -2.43. The van der Waals surface area contributed by atoms with Crippen LogP contribution in [-0.2, 0) is 16.0 Å². The number of ether oxygens (including phenoxy) is 1. The first kappa shape index (κ1) is 16.0. The van der Waals surface area contributed by atoms with Crippen molar-refractivity contribution in [3.8, 4) is 0 Å². The van der Waals surface area contributed by atoms with Crippen molar-refractivity contribution in [2.75, 3.05) is 19.8 Å². The summed E-state index contributed by atoms with van der Waals surface area (Å²) in [7, 11) is 0. The minimum Gasteiger partial charge on any atom is -0.381 e. The van der Waals surface area contributed by atoms with E-state index in [1.165, 1.54) is 0 Å². The summed E-state index contributed by atoms with van der Waals surface area (Å²) in [6.07, 6.45) is 1.60. The lowest BCUT2D eigenvalue weighted by molar-refractivity contribution is -0.122. The highest BCUT2D eigenvalue weighted by Gasteiger charge is 2.19. The first-order chi connectivity index (χ1) is 8.75. The van der Waals surface area contributed by atoms with E-state index in [1.54, 1.807) is 0 Å². The van der Waals surface area contributed by atoms with Gasteiger partial charge in [0.2, 0.25) is 5.91 Å². The second-order valence-electron chi connectivity index (χ2n) is 4.77. The van der Waals surface area contributed by atoms with Crippen LogP contribution in [0, 0.1) is 5.92 Å². The summed E-state index contributed by atoms with van der Waals surface area (Å²) in [4.78, 5) is 11.8. The SMILES string of the molecule is Cl.N[C@@H](Cc1ccccc1)C(=O)NCC1CCOC1. The molecule has 2 rings (SSSR count). The van der Waals surface area contributed by atoms with E-state index < -0.39 is 6.04 Å². The Morgan fingerprint density at radius 1 is 1.42 bits per heavy atom. The molecule has 19 heavy (non-hydrogen) atoms. The van der Waals surface area contributed by atoms with Gasteiger partial charge in [-0.3, -0.25) is 4.79 Å². The highest BCUT2D eigenvalue weighted by atomic mass is 35.5. The summed E-state index contributed by atoms with van der Waals surface area (Å²) in [5.41, 5.74) is 6.98. The predicted molar refractivity (Wildman–Crippen MR) is 77.3 cm³/mol. The second-order valence-corrected chi connectivity index (χ2v) is 4.77. The molecule has 1 amide bonds. The smallest absolute Gasteiger partial charge is 0.237 e. The highest BCUT2D eigenvalue weighted by molar-refractivity contribution is 5.85. The number of benzene rings is 1. The molecular weight excluding hydrogens is 264 g/mol. The second kappa shape index (κ2) is 8.15. The molecule has 0 aliphatic carbocycles. The van der Waals surface area contributed by atoms with Crippen LogP contribution in [0.2, 0.25) is 0 Å². The maximum atomic E-state index is 11.8. The van der Waals surface area contributed by atoms with Gasteiger partial charge in [0.05, 0.1) is 12.6 Å². The fourth-order valence-corrected chi connectivity index (χ4v) is 2.08. The molecule has 3 N–H and O–H groups in total. The summed E-state index contributed by atoms with van der Waals surface area (Å²) in [5, 5.41) is 2.90. The summed E-state index contributed by atoms with van der Waals surface area (Å²) in [6.45, 7) is 2.21. The number of carbonyl (C=O) groups excluding carboxylic acids is 1. The molecule has 2 atom stereocenters. The third-order valence-electron chi connectivity index (χ3n) is 3.22. The number of carbonyl (C=O) groups is 1. The van der Waals surface area contributed by atoms with Gasteiger partial charge in [0.15, 0.2) is 0 Å². The minimum absolute atomic E-state index is 0. The quantitative estimate of drug-likeness (QED) is 0.852. The van der Waals surface area contributed by atoms with Crippen LogP contribution in [0.5, 0.6) is 0 Å². The Morgan fingerprint density at radius 2 is 2.16 bits per heavy atom. The van der Waals surface area contributed by atoms with Crippen LogP contribution in [0.4, 0.5) is 0 Å². The Morgan fingerprint density at radius 3 is 2.79 bits per heavy atom. The number of amides is 1. The zero-order chi connectivity index (χ0) is 12.8. The van der Waals surface area contributed by atoms with Crippen molar-refractivity contribution < 1.29 is 9.53 Å². The summed E-state index contributed by atoms with van der Waals surface area (Å²) < 4.78 is 5.26. The van der Waals surface area contributed by atoms with Crippen LogP contribution in [0.25, 0.3) is 0 Å². The summed E-state index contributed by atoms with van der Waals surface area (Å²) >= 11 is 0. The Bertz CT molecular complexity index is 380. The van der Waals surface area contributed by atoms with Gasteiger partial charge in [-0.25, -0.2) is 0 Å². The van der Waals surface area contributed by atoms with Crippen LogP contribution in [0.3, 0.4) is 0 Å². The van der Waals surface area contributed by atoms with Gasteiger partial charge in [0, 0.05) is 19.1 Å². The zero-order valence-electron chi connectivity index (χ0n) is 10.9. The molecule has 4 nitrogen and oxygen atoms in total. The fraction of sp³-hybridized carbons (Fsp3) is 0.500. The number of rotatable bonds is 5. The molecular formula is C14H21ClN2O2. The van der Waals surface area contributed by atoms with Gasteiger partial charge < -0.3 is 15.8 Å². The molecule has 1 unspecified atom stereocenters. The molecule has 1 fully saturated rings. The predicted octanol–water partition coefficient (Wildman–Crippen LogP) is 1.13. The molecule has 5 heteroatoms. The van der Waals surface area contributed by atoms with Gasteiger partial charge in [-0.1, -0.05) is 30.3 Å². The average Bonchev–Trinajstić information content (AvgIpc) is 2.90. The van der Waals surface area contributed by atoms with E-state index in [0.29, 0.717) is 18.9 Å². The van der Waals surface area contributed by atoms with Gasteiger partial charge >= 0.3 is 0 Å². The zero-order valence-corrected chi connectivity index (χ0v) is 11.7. The van der Waals surface area contributed by atoms with E-state index in [1.807, 2.05) is 30.3 Å². The summed E-state index contributed by atoms with van der Waals surface area (Å²) in [6, 6.07) is 9.35. The van der Waals surface area contributed by atoms with Gasteiger partial charge in [0.25, 0.3) is 0 Å². The van der Waals surface area contributed by atoms with E-state index in [0.717, 1.165) is 25.2 Å². The Kier molecular flexibility index (Phi) is 6.84. The molecule has 1 aromatic carbocycles. The molecule has 106 valence electrons. The van der Waals surface area contributed by atoms with E-state index in [9.17, 15) is 4.79 Å². The van der Waals surface area contributed by atoms with Crippen LogP contribution >= 0.6 is 12.4 Å². The van der Waals surface area contributed by atoms with E-state index >= 15 is 0 Å². The van der Waals surface area contributed by atoms with Crippen molar-refractivity contribution in [1.29, 1.82) is 0 Å². The normalized spacial score (nSPS) is 19.5. The summed E-state index contributed by atoms with van der Waals surface area (Å²) in [5.74, 6) is 0.364. The van der Waals surface area contributed by atoms with Crippen LogP contribution < -0.4 is 11.1 Å². The Labute approximate surface area is 120 Å². The molecule has 0 radical (unpaired) electrons. The molecule has 1 aliphatic heterocycles. The van der Waals surface area contributed by atoms with Crippen molar-refractivity contribution in [1.82, 2.24) is 5.32 Å². The van der Waals surface area contributed by atoms with Gasteiger partial charge in [-0.05, 0) is 18.4 Å². The third kappa shape index (κ3) is 5.19. The number of nitrogens with two attached hydrogens (primary N) is 1. The first-order valence-electron chi connectivity index (χ1n) is 6.40. The molecule has 1 saturated heterocycles. The molecule has 0 aromatic heterocycles. The fourth-order valence-electron chi connectivity index (χ4n) is 2.08. The average molecular weight is 285 g/mol. The molecule has 0 saturated carbocycles. The van der Waals surface area contributed by atoms with Crippen molar-refractivity contribution in [3.63, 3.8) is 0 Å². The van der Waals surface area contributed by atoms with Crippen molar-refractivity contribution in [3.05, 3.63) is 35.9 Å². The molecule has 0 spiro atoms. The largest absolute Gasteiger partial charge is 0.381 e. The van der Waals surface area contributed by atoms with E-state index in [4.69, 9.17) is 10.5 Å². The Hall–Kier alpha value is -1.10. The number of hydrogen-bond acceptors (Lipinski definition) is 3. The number of hydrogen-bond donors (Lipinski definition) is 2. The van der Waals surface area contributed by atoms with Crippen LogP contribution in [0.15, 0.2) is 30.3 Å².